The second-order valence-corrected chi connectivity index (χ2v) is 3.97. The van der Waals surface area contributed by atoms with Crippen LogP contribution in [0.4, 0.5) is 0 Å². The minimum Gasteiger partial charge on any atom is -0.306 e. The molecule has 1 heteroatoms. The van der Waals surface area contributed by atoms with Crippen LogP contribution in [-0.2, 0) is 0 Å². The van der Waals surface area contributed by atoms with Gasteiger partial charge < -0.3 is 5.32 Å². The second kappa shape index (κ2) is 4.97. The number of benzene rings is 1. The Morgan fingerprint density at radius 2 is 1.93 bits per heavy atom. The lowest BCUT2D eigenvalue weighted by Crippen LogP contribution is -2.20. The molecule has 1 nitrogen and oxygen atoms in total. The van der Waals surface area contributed by atoms with Crippen LogP contribution < -0.4 is 5.32 Å². The van der Waals surface area contributed by atoms with Gasteiger partial charge in [0.25, 0.3) is 0 Å². The van der Waals surface area contributed by atoms with Crippen molar-refractivity contribution in [2.45, 2.75) is 26.8 Å². The van der Waals surface area contributed by atoms with Gasteiger partial charge in [0, 0.05) is 12.6 Å². The molecule has 0 spiro atoms. The molecular weight excluding hydrogens is 170 g/mol. The monoisotopic (exact) mass is 189 g/mol. The average Bonchev–Trinajstić information content (AvgIpc) is 2.15. The zero-order valence-electron chi connectivity index (χ0n) is 9.30. The summed E-state index contributed by atoms with van der Waals surface area (Å²) in [6.07, 6.45) is 0. The lowest BCUT2D eigenvalue weighted by Gasteiger charge is -2.14. The maximum atomic E-state index is 3.87. The number of hydrogen-bond donors (Lipinski definition) is 1. The Morgan fingerprint density at radius 3 is 2.43 bits per heavy atom. The molecule has 1 atom stereocenters. The highest BCUT2D eigenvalue weighted by molar-refractivity contribution is 5.23. The Morgan fingerprint density at radius 1 is 1.36 bits per heavy atom. The van der Waals surface area contributed by atoms with Crippen LogP contribution in [0.1, 0.15) is 31.0 Å². The van der Waals surface area contributed by atoms with Crippen LogP contribution in [0.15, 0.2) is 36.4 Å². The Kier molecular flexibility index (Phi) is 3.90. The third kappa shape index (κ3) is 3.35. The molecule has 0 aliphatic heterocycles. The molecule has 0 aromatic heterocycles. The molecule has 0 aliphatic rings. The lowest BCUT2D eigenvalue weighted by molar-refractivity contribution is 0.607. The Hall–Kier alpha value is -1.08. The van der Waals surface area contributed by atoms with Crippen molar-refractivity contribution in [3.8, 4) is 0 Å². The number of rotatable bonds is 4. The summed E-state index contributed by atoms with van der Waals surface area (Å²) in [6, 6.07) is 9.03. The zero-order valence-corrected chi connectivity index (χ0v) is 9.30. The quantitative estimate of drug-likeness (QED) is 0.717. The summed E-state index contributed by atoms with van der Waals surface area (Å²) in [7, 11) is 0. The Bertz CT molecular complexity index is 298. The molecule has 0 bridgehead atoms. The van der Waals surface area contributed by atoms with E-state index < -0.39 is 0 Å². The molecule has 0 fully saturated rings. The third-order valence-electron chi connectivity index (χ3n) is 2.29. The summed E-state index contributed by atoms with van der Waals surface area (Å²) in [5, 5.41) is 3.42. The highest BCUT2D eigenvalue weighted by Gasteiger charge is 2.02. The average molecular weight is 189 g/mol. The van der Waals surface area contributed by atoms with Gasteiger partial charge in [0.05, 0.1) is 0 Å². The first-order valence-corrected chi connectivity index (χ1v) is 5.04. The normalized spacial score (nSPS) is 12.5. The summed E-state index contributed by atoms with van der Waals surface area (Å²) in [4.78, 5) is 0. The van der Waals surface area contributed by atoms with Gasteiger partial charge in [-0.2, -0.15) is 0 Å². The van der Waals surface area contributed by atoms with Gasteiger partial charge in [-0.05, 0) is 26.3 Å². The molecular formula is C13H19N. The minimum absolute atomic E-state index is 0.396. The van der Waals surface area contributed by atoms with E-state index in [1.807, 2.05) is 6.92 Å². The molecule has 1 unspecified atom stereocenters. The van der Waals surface area contributed by atoms with Crippen molar-refractivity contribution < 1.29 is 0 Å². The topological polar surface area (TPSA) is 12.0 Å². The first kappa shape index (κ1) is 11.0. The van der Waals surface area contributed by atoms with E-state index in [0.29, 0.717) is 6.04 Å². The van der Waals surface area contributed by atoms with Crippen molar-refractivity contribution in [2.24, 2.45) is 0 Å². The van der Waals surface area contributed by atoms with Gasteiger partial charge in [-0.1, -0.05) is 42.0 Å². The van der Waals surface area contributed by atoms with Crippen molar-refractivity contribution in [1.29, 1.82) is 0 Å². The Balaban J connectivity index is 2.56. The van der Waals surface area contributed by atoms with E-state index >= 15 is 0 Å². The number of nitrogens with one attached hydrogen (secondary N) is 1. The SMILES string of the molecule is C=C(C)CNC(C)c1ccc(C)cc1. The predicted molar refractivity (Wildman–Crippen MR) is 62.4 cm³/mol. The van der Waals surface area contributed by atoms with Gasteiger partial charge in [-0.25, -0.2) is 0 Å². The predicted octanol–water partition coefficient (Wildman–Crippen LogP) is 3.22. The van der Waals surface area contributed by atoms with E-state index in [4.69, 9.17) is 0 Å². The largest absolute Gasteiger partial charge is 0.306 e. The van der Waals surface area contributed by atoms with Crippen molar-refractivity contribution in [1.82, 2.24) is 5.32 Å². The van der Waals surface area contributed by atoms with Gasteiger partial charge in [0.15, 0.2) is 0 Å². The Labute approximate surface area is 86.8 Å². The van der Waals surface area contributed by atoms with E-state index in [1.54, 1.807) is 0 Å². The molecule has 0 radical (unpaired) electrons. The summed E-state index contributed by atoms with van der Waals surface area (Å²) < 4.78 is 0. The molecule has 0 saturated heterocycles. The van der Waals surface area contributed by atoms with Crippen LogP contribution in [0, 0.1) is 6.92 Å². The first-order chi connectivity index (χ1) is 6.59. The van der Waals surface area contributed by atoms with Gasteiger partial charge in [0.1, 0.15) is 0 Å². The van der Waals surface area contributed by atoms with E-state index in [0.717, 1.165) is 6.54 Å². The minimum atomic E-state index is 0.396. The lowest BCUT2D eigenvalue weighted by atomic mass is 10.1. The van der Waals surface area contributed by atoms with Gasteiger partial charge in [-0.3, -0.25) is 0 Å². The van der Waals surface area contributed by atoms with Crippen molar-refractivity contribution in [2.75, 3.05) is 6.54 Å². The summed E-state index contributed by atoms with van der Waals surface area (Å²) in [5.41, 5.74) is 3.81. The molecule has 1 rings (SSSR count). The van der Waals surface area contributed by atoms with Crippen LogP contribution in [0.2, 0.25) is 0 Å². The highest BCUT2D eigenvalue weighted by Crippen LogP contribution is 2.12. The molecule has 1 aromatic carbocycles. The molecule has 76 valence electrons. The standard InChI is InChI=1S/C13H19N/c1-10(2)9-14-12(4)13-7-5-11(3)6-8-13/h5-8,12,14H,1,9H2,2-4H3. The van der Waals surface area contributed by atoms with Crippen molar-refractivity contribution in [3.63, 3.8) is 0 Å². The first-order valence-electron chi connectivity index (χ1n) is 5.04. The van der Waals surface area contributed by atoms with Crippen LogP contribution in [-0.4, -0.2) is 6.54 Å². The third-order valence-corrected chi connectivity index (χ3v) is 2.29. The van der Waals surface area contributed by atoms with E-state index in [-0.39, 0.29) is 0 Å². The molecule has 0 saturated carbocycles. The highest BCUT2D eigenvalue weighted by atomic mass is 14.9. The molecule has 0 aliphatic carbocycles. The van der Waals surface area contributed by atoms with E-state index in [2.05, 4.69) is 50.0 Å². The van der Waals surface area contributed by atoms with Crippen molar-refractivity contribution >= 4 is 0 Å². The molecule has 14 heavy (non-hydrogen) atoms. The second-order valence-electron chi connectivity index (χ2n) is 3.97. The summed E-state index contributed by atoms with van der Waals surface area (Å²) >= 11 is 0. The number of hydrogen-bond acceptors (Lipinski definition) is 1. The fraction of sp³-hybridized carbons (Fsp3) is 0.385. The van der Waals surface area contributed by atoms with E-state index in [9.17, 15) is 0 Å². The molecule has 1 N–H and O–H groups in total. The smallest absolute Gasteiger partial charge is 0.0294 e. The van der Waals surface area contributed by atoms with Crippen molar-refractivity contribution in [3.05, 3.63) is 47.5 Å². The fourth-order valence-corrected chi connectivity index (χ4v) is 1.30. The molecule has 0 amide bonds. The van der Waals surface area contributed by atoms with Crippen LogP contribution in [0.3, 0.4) is 0 Å². The van der Waals surface area contributed by atoms with Crippen LogP contribution >= 0.6 is 0 Å². The summed E-state index contributed by atoms with van der Waals surface area (Å²) in [5.74, 6) is 0. The van der Waals surface area contributed by atoms with Gasteiger partial charge >= 0.3 is 0 Å². The van der Waals surface area contributed by atoms with Gasteiger partial charge in [0.2, 0.25) is 0 Å². The van der Waals surface area contributed by atoms with Crippen LogP contribution in [0.5, 0.6) is 0 Å². The maximum Gasteiger partial charge on any atom is 0.0294 e. The fourth-order valence-electron chi connectivity index (χ4n) is 1.30. The van der Waals surface area contributed by atoms with E-state index in [1.165, 1.54) is 16.7 Å². The summed E-state index contributed by atoms with van der Waals surface area (Å²) in [6.45, 7) is 11.1. The van der Waals surface area contributed by atoms with Crippen LogP contribution in [0.25, 0.3) is 0 Å². The maximum absolute atomic E-state index is 3.87. The zero-order chi connectivity index (χ0) is 10.6. The van der Waals surface area contributed by atoms with Gasteiger partial charge in [-0.15, -0.1) is 0 Å². The number of aryl methyl sites for hydroxylation is 1. The molecule has 0 heterocycles. The molecule has 1 aromatic rings.